The summed E-state index contributed by atoms with van der Waals surface area (Å²) >= 11 is 2.07. The van der Waals surface area contributed by atoms with E-state index in [0.29, 0.717) is 16.2 Å². The van der Waals surface area contributed by atoms with Gasteiger partial charge < -0.3 is 9.29 Å². The molecule has 0 aliphatic heterocycles. The molecule has 0 amide bonds. The van der Waals surface area contributed by atoms with Gasteiger partial charge in [-0.25, -0.2) is 4.98 Å². The van der Waals surface area contributed by atoms with Crippen molar-refractivity contribution in [2.24, 2.45) is 0 Å². The van der Waals surface area contributed by atoms with Crippen LogP contribution in [0.15, 0.2) is 10.8 Å². The maximum Gasteiger partial charge on any atom is 0.238 e. The zero-order valence-electron chi connectivity index (χ0n) is 11.2. The number of nitrogens with one attached hydrogen (secondary N) is 1. The number of halogens is 1. The molecule has 0 radical (unpaired) electrons. The zero-order valence-corrected chi connectivity index (χ0v) is 13.6. The molecule has 0 fully saturated rings. The first-order valence-electron chi connectivity index (χ1n) is 5.50. The highest BCUT2D eigenvalue weighted by molar-refractivity contribution is 9.10. The molecule has 2 atom stereocenters. The van der Waals surface area contributed by atoms with Gasteiger partial charge in [-0.3, -0.25) is 4.98 Å². The van der Waals surface area contributed by atoms with Crippen molar-refractivity contribution in [3.63, 3.8) is 0 Å². The standard InChI is InChI=1S/C11H18BrN3O2S/c1-7(15-18(16)11(2,3)4)9-10(17-5)14-8(12)6-13-9/h6-7,15H,1-5H3/t7-,18?/m0/s1. The molecule has 1 aromatic heterocycles. The minimum atomic E-state index is -1.17. The first-order chi connectivity index (χ1) is 8.25. The molecule has 0 saturated carbocycles. The van der Waals surface area contributed by atoms with E-state index in [1.807, 2.05) is 27.7 Å². The molecular weight excluding hydrogens is 318 g/mol. The van der Waals surface area contributed by atoms with E-state index in [1.54, 1.807) is 6.20 Å². The maximum atomic E-state index is 12.0. The minimum Gasteiger partial charge on any atom is -0.598 e. The lowest BCUT2D eigenvalue weighted by Gasteiger charge is -2.26. The van der Waals surface area contributed by atoms with Gasteiger partial charge in [0.05, 0.1) is 19.3 Å². The van der Waals surface area contributed by atoms with Crippen molar-refractivity contribution in [3.8, 4) is 5.88 Å². The van der Waals surface area contributed by atoms with Crippen LogP contribution in [0.3, 0.4) is 0 Å². The second kappa shape index (κ2) is 6.18. The summed E-state index contributed by atoms with van der Waals surface area (Å²) in [5.74, 6) is 0.426. The van der Waals surface area contributed by atoms with Crippen LogP contribution in [-0.2, 0) is 11.4 Å². The monoisotopic (exact) mass is 335 g/mol. The quantitative estimate of drug-likeness (QED) is 0.855. The second-order valence-corrected chi connectivity index (χ2v) is 7.62. The summed E-state index contributed by atoms with van der Waals surface area (Å²) < 4.78 is 20.5. The van der Waals surface area contributed by atoms with Gasteiger partial charge in [0, 0.05) is 11.4 Å². The van der Waals surface area contributed by atoms with Crippen molar-refractivity contribution in [1.82, 2.24) is 14.7 Å². The van der Waals surface area contributed by atoms with E-state index in [9.17, 15) is 4.55 Å². The van der Waals surface area contributed by atoms with Crippen LogP contribution in [0.4, 0.5) is 0 Å². The molecule has 1 N–H and O–H groups in total. The van der Waals surface area contributed by atoms with Crippen LogP contribution in [0.2, 0.25) is 0 Å². The van der Waals surface area contributed by atoms with Crippen molar-refractivity contribution in [3.05, 3.63) is 16.5 Å². The molecule has 1 aromatic rings. The number of ether oxygens (including phenoxy) is 1. The predicted molar refractivity (Wildman–Crippen MR) is 75.7 cm³/mol. The van der Waals surface area contributed by atoms with E-state index in [0.717, 1.165) is 0 Å². The molecule has 1 unspecified atom stereocenters. The molecule has 0 aliphatic rings. The summed E-state index contributed by atoms with van der Waals surface area (Å²) in [6, 6.07) is -0.208. The van der Waals surface area contributed by atoms with E-state index < -0.39 is 11.4 Å². The third-order valence-corrected chi connectivity index (χ3v) is 4.24. The van der Waals surface area contributed by atoms with E-state index in [2.05, 4.69) is 30.6 Å². The normalized spacial score (nSPS) is 15.3. The van der Waals surface area contributed by atoms with Gasteiger partial charge >= 0.3 is 0 Å². The molecule has 0 aromatic carbocycles. The summed E-state index contributed by atoms with van der Waals surface area (Å²) in [5.41, 5.74) is 0.637. The molecule has 0 bridgehead atoms. The Balaban J connectivity index is 2.87. The first kappa shape index (κ1) is 15.7. The Bertz CT molecular complexity index is 412. The molecule has 5 nitrogen and oxygen atoms in total. The Kier molecular flexibility index (Phi) is 5.39. The van der Waals surface area contributed by atoms with E-state index in [-0.39, 0.29) is 10.8 Å². The lowest BCUT2D eigenvalue weighted by atomic mass is 10.2. The largest absolute Gasteiger partial charge is 0.598 e. The average molecular weight is 336 g/mol. The molecule has 102 valence electrons. The smallest absolute Gasteiger partial charge is 0.238 e. The molecule has 1 heterocycles. The van der Waals surface area contributed by atoms with Crippen molar-refractivity contribution in [2.75, 3.05) is 7.11 Å². The number of aromatic nitrogens is 2. The van der Waals surface area contributed by atoms with Gasteiger partial charge in [0.2, 0.25) is 5.88 Å². The van der Waals surface area contributed by atoms with E-state index >= 15 is 0 Å². The van der Waals surface area contributed by atoms with Gasteiger partial charge in [0.15, 0.2) is 0 Å². The van der Waals surface area contributed by atoms with Gasteiger partial charge in [-0.15, -0.1) is 4.72 Å². The predicted octanol–water partition coefficient (Wildman–Crippen LogP) is 2.36. The van der Waals surface area contributed by atoms with Crippen molar-refractivity contribution in [1.29, 1.82) is 0 Å². The van der Waals surface area contributed by atoms with E-state index in [1.165, 1.54) is 7.11 Å². The van der Waals surface area contributed by atoms with Crippen molar-refractivity contribution >= 4 is 27.3 Å². The van der Waals surface area contributed by atoms with Crippen molar-refractivity contribution < 1.29 is 9.29 Å². The van der Waals surface area contributed by atoms with Crippen LogP contribution in [-0.4, -0.2) is 26.4 Å². The highest BCUT2D eigenvalue weighted by Crippen LogP contribution is 2.24. The van der Waals surface area contributed by atoms with Gasteiger partial charge in [-0.2, -0.15) is 0 Å². The molecule has 7 heteroatoms. The number of hydrogen-bond acceptors (Lipinski definition) is 5. The van der Waals surface area contributed by atoms with Gasteiger partial charge in [-0.05, 0) is 43.6 Å². The van der Waals surface area contributed by atoms with Crippen LogP contribution in [0.5, 0.6) is 5.88 Å². The Morgan fingerprint density at radius 3 is 2.61 bits per heavy atom. The Morgan fingerprint density at radius 2 is 2.11 bits per heavy atom. The van der Waals surface area contributed by atoms with Crippen LogP contribution < -0.4 is 9.46 Å². The number of rotatable bonds is 4. The number of hydrogen-bond donors (Lipinski definition) is 1. The minimum absolute atomic E-state index is 0.208. The van der Waals surface area contributed by atoms with Crippen LogP contribution in [0, 0.1) is 0 Å². The summed E-state index contributed by atoms with van der Waals surface area (Å²) in [6.07, 6.45) is 1.59. The second-order valence-electron chi connectivity index (χ2n) is 4.81. The van der Waals surface area contributed by atoms with Crippen LogP contribution >= 0.6 is 15.9 Å². The molecule has 0 aliphatic carbocycles. The summed E-state index contributed by atoms with van der Waals surface area (Å²) in [7, 11) is 1.54. The molecular formula is C11H18BrN3O2S. The van der Waals surface area contributed by atoms with Gasteiger partial charge in [-0.1, -0.05) is 0 Å². The topological polar surface area (TPSA) is 70.1 Å². The molecule has 1 rings (SSSR count). The average Bonchev–Trinajstić information content (AvgIpc) is 2.27. The SMILES string of the molecule is COc1nc(Br)cnc1[C@H](C)N[S+]([O-])C(C)(C)C. The fourth-order valence-corrected chi connectivity index (χ4v) is 2.25. The van der Waals surface area contributed by atoms with Crippen LogP contribution in [0.1, 0.15) is 39.4 Å². The fraction of sp³-hybridized carbons (Fsp3) is 0.636. The third-order valence-electron chi connectivity index (χ3n) is 2.18. The Morgan fingerprint density at radius 1 is 1.50 bits per heavy atom. The van der Waals surface area contributed by atoms with Crippen LogP contribution in [0.25, 0.3) is 0 Å². The fourth-order valence-electron chi connectivity index (χ4n) is 1.20. The lowest BCUT2D eigenvalue weighted by molar-refractivity contribution is 0.382. The third kappa shape index (κ3) is 4.08. The highest BCUT2D eigenvalue weighted by Gasteiger charge is 2.29. The van der Waals surface area contributed by atoms with Crippen molar-refractivity contribution in [2.45, 2.75) is 38.5 Å². The number of methoxy groups -OCH3 is 1. The molecule has 0 saturated heterocycles. The molecule has 0 spiro atoms. The first-order valence-corrected chi connectivity index (χ1v) is 7.44. The van der Waals surface area contributed by atoms with Gasteiger partial charge in [0.1, 0.15) is 15.0 Å². The highest BCUT2D eigenvalue weighted by atomic mass is 79.9. The molecule has 18 heavy (non-hydrogen) atoms. The maximum absolute atomic E-state index is 12.0. The summed E-state index contributed by atoms with van der Waals surface area (Å²) in [5, 5.41) is 0. The van der Waals surface area contributed by atoms with E-state index in [4.69, 9.17) is 4.74 Å². The Labute approximate surface area is 119 Å². The summed E-state index contributed by atoms with van der Waals surface area (Å²) in [6.45, 7) is 7.61. The van der Waals surface area contributed by atoms with Gasteiger partial charge in [0.25, 0.3) is 0 Å². The number of nitrogens with zero attached hydrogens (tertiary/aromatic N) is 2. The zero-order chi connectivity index (χ0) is 13.9. The summed E-state index contributed by atoms with van der Waals surface area (Å²) in [4.78, 5) is 8.43. The lowest BCUT2D eigenvalue weighted by Crippen LogP contribution is -2.40. The Hall–Kier alpha value is -0.370.